The van der Waals surface area contributed by atoms with E-state index in [4.69, 9.17) is 0 Å². The molecule has 1 fully saturated rings. The van der Waals surface area contributed by atoms with Gasteiger partial charge in [-0.05, 0) is 30.4 Å². The molecular formula is C15H21N3O2S. The number of unbranched alkanes of at least 4 members (excludes halogenated alkanes) is 1. The van der Waals surface area contributed by atoms with Crippen molar-refractivity contribution in [1.82, 2.24) is 5.32 Å². The van der Waals surface area contributed by atoms with Crippen molar-refractivity contribution in [3.05, 3.63) is 24.3 Å². The molecule has 1 heterocycles. The first-order valence-electron chi connectivity index (χ1n) is 7.23. The van der Waals surface area contributed by atoms with E-state index < -0.39 is 0 Å². The lowest BCUT2D eigenvalue weighted by Crippen LogP contribution is -2.27. The van der Waals surface area contributed by atoms with Gasteiger partial charge >= 0.3 is 6.03 Å². The molecule has 0 radical (unpaired) electrons. The largest absolute Gasteiger partial charge is 0.336 e. The third-order valence-corrected chi connectivity index (χ3v) is 4.22. The normalized spacial score (nSPS) is 14.1. The lowest BCUT2D eigenvalue weighted by Gasteiger charge is -2.15. The van der Waals surface area contributed by atoms with Crippen LogP contribution in [0.1, 0.15) is 19.8 Å². The van der Waals surface area contributed by atoms with Crippen LogP contribution >= 0.6 is 11.8 Å². The minimum atomic E-state index is -0.0893. The van der Waals surface area contributed by atoms with Gasteiger partial charge in [0.15, 0.2) is 0 Å². The SMILES string of the molecule is CCCCSCC(=O)Nc1cccc(N2CCNC2=O)c1. The van der Waals surface area contributed by atoms with Gasteiger partial charge in [0.1, 0.15) is 0 Å². The molecule has 5 nitrogen and oxygen atoms in total. The molecule has 2 rings (SSSR count). The van der Waals surface area contributed by atoms with E-state index in [1.165, 1.54) is 0 Å². The summed E-state index contributed by atoms with van der Waals surface area (Å²) in [5.41, 5.74) is 1.54. The summed E-state index contributed by atoms with van der Waals surface area (Å²) >= 11 is 1.65. The predicted octanol–water partition coefficient (Wildman–Crippen LogP) is 2.69. The molecule has 0 aromatic heterocycles. The van der Waals surface area contributed by atoms with Crippen LogP contribution in [0.25, 0.3) is 0 Å². The van der Waals surface area contributed by atoms with Crippen molar-refractivity contribution in [1.29, 1.82) is 0 Å². The zero-order chi connectivity index (χ0) is 15.1. The summed E-state index contributed by atoms with van der Waals surface area (Å²) in [4.78, 5) is 25.2. The molecule has 6 heteroatoms. The van der Waals surface area contributed by atoms with E-state index in [1.807, 2.05) is 24.3 Å². The molecule has 0 saturated carbocycles. The van der Waals surface area contributed by atoms with Crippen LogP contribution in [0.3, 0.4) is 0 Å². The van der Waals surface area contributed by atoms with Crippen LogP contribution in [0.15, 0.2) is 24.3 Å². The van der Waals surface area contributed by atoms with Crippen LogP contribution in [0.5, 0.6) is 0 Å². The molecule has 1 aliphatic rings. The van der Waals surface area contributed by atoms with Gasteiger partial charge in [-0.3, -0.25) is 9.69 Å². The molecule has 1 aromatic rings. The van der Waals surface area contributed by atoms with Gasteiger partial charge in [-0.15, -0.1) is 0 Å². The van der Waals surface area contributed by atoms with Crippen molar-refractivity contribution < 1.29 is 9.59 Å². The molecule has 3 amide bonds. The summed E-state index contributed by atoms with van der Waals surface area (Å²) in [6.45, 7) is 3.45. The Kier molecular flexibility index (Phi) is 5.92. The molecule has 0 bridgehead atoms. The number of benzene rings is 1. The van der Waals surface area contributed by atoms with Gasteiger partial charge in [-0.1, -0.05) is 19.4 Å². The zero-order valence-corrected chi connectivity index (χ0v) is 13.0. The zero-order valence-electron chi connectivity index (χ0n) is 12.2. The Balaban J connectivity index is 1.89. The summed E-state index contributed by atoms with van der Waals surface area (Å²) in [7, 11) is 0. The van der Waals surface area contributed by atoms with Gasteiger partial charge in [0.2, 0.25) is 5.91 Å². The van der Waals surface area contributed by atoms with Gasteiger partial charge in [-0.25, -0.2) is 4.79 Å². The van der Waals surface area contributed by atoms with Crippen molar-refractivity contribution in [2.24, 2.45) is 0 Å². The highest BCUT2D eigenvalue weighted by Gasteiger charge is 2.21. The second-order valence-corrected chi connectivity index (χ2v) is 5.99. The van der Waals surface area contributed by atoms with Crippen molar-refractivity contribution in [2.45, 2.75) is 19.8 Å². The fourth-order valence-corrected chi connectivity index (χ4v) is 2.97. The number of hydrogen-bond acceptors (Lipinski definition) is 3. The number of carbonyl (C=O) groups excluding carboxylic acids is 2. The number of nitrogens with one attached hydrogen (secondary N) is 2. The van der Waals surface area contributed by atoms with Gasteiger partial charge in [0.25, 0.3) is 0 Å². The van der Waals surface area contributed by atoms with Gasteiger partial charge < -0.3 is 10.6 Å². The minimum Gasteiger partial charge on any atom is -0.336 e. The summed E-state index contributed by atoms with van der Waals surface area (Å²) in [6.07, 6.45) is 2.28. The van der Waals surface area contributed by atoms with E-state index in [0.29, 0.717) is 18.8 Å². The Morgan fingerprint density at radius 2 is 2.33 bits per heavy atom. The highest BCUT2D eigenvalue weighted by molar-refractivity contribution is 7.99. The fraction of sp³-hybridized carbons (Fsp3) is 0.467. The quantitative estimate of drug-likeness (QED) is 0.761. The van der Waals surface area contributed by atoms with Crippen molar-refractivity contribution in [3.63, 3.8) is 0 Å². The first-order valence-corrected chi connectivity index (χ1v) is 8.39. The lowest BCUT2D eigenvalue weighted by molar-refractivity contribution is -0.113. The smallest absolute Gasteiger partial charge is 0.321 e. The molecule has 1 aromatic carbocycles. The minimum absolute atomic E-state index is 0.000809. The summed E-state index contributed by atoms with van der Waals surface area (Å²) < 4.78 is 0. The number of nitrogens with zero attached hydrogens (tertiary/aromatic N) is 1. The average molecular weight is 307 g/mol. The number of anilines is 2. The summed E-state index contributed by atoms with van der Waals surface area (Å²) in [5, 5.41) is 5.64. The maximum absolute atomic E-state index is 11.8. The Hall–Kier alpha value is -1.69. The highest BCUT2D eigenvalue weighted by Crippen LogP contribution is 2.21. The third-order valence-electron chi connectivity index (χ3n) is 3.17. The molecule has 114 valence electrons. The van der Waals surface area contributed by atoms with Gasteiger partial charge in [0.05, 0.1) is 5.75 Å². The van der Waals surface area contributed by atoms with E-state index >= 15 is 0 Å². The van der Waals surface area contributed by atoms with Crippen LogP contribution in [-0.2, 0) is 4.79 Å². The van der Waals surface area contributed by atoms with Crippen LogP contribution < -0.4 is 15.5 Å². The second kappa shape index (κ2) is 7.93. The monoisotopic (exact) mass is 307 g/mol. The van der Waals surface area contributed by atoms with E-state index in [9.17, 15) is 9.59 Å². The van der Waals surface area contributed by atoms with Crippen molar-refractivity contribution in [3.8, 4) is 0 Å². The molecule has 0 unspecified atom stereocenters. The lowest BCUT2D eigenvalue weighted by atomic mass is 10.2. The maximum Gasteiger partial charge on any atom is 0.321 e. The van der Waals surface area contributed by atoms with Gasteiger partial charge in [0, 0.05) is 24.5 Å². The standard InChI is InChI=1S/C15H21N3O2S/c1-2-3-9-21-11-14(19)17-12-5-4-6-13(10-12)18-8-7-16-15(18)20/h4-6,10H,2-3,7-9,11H2,1H3,(H,16,20)(H,17,19). The number of amides is 3. The average Bonchev–Trinajstić information content (AvgIpc) is 2.90. The van der Waals surface area contributed by atoms with E-state index in [2.05, 4.69) is 17.6 Å². The topological polar surface area (TPSA) is 61.4 Å². The predicted molar refractivity (Wildman–Crippen MR) is 88.0 cm³/mol. The number of thioether (sulfide) groups is 1. The molecule has 0 aliphatic carbocycles. The number of hydrogen-bond donors (Lipinski definition) is 2. The van der Waals surface area contributed by atoms with Gasteiger partial charge in [-0.2, -0.15) is 11.8 Å². The maximum atomic E-state index is 11.8. The fourth-order valence-electron chi connectivity index (χ4n) is 2.08. The molecule has 21 heavy (non-hydrogen) atoms. The molecule has 1 aliphatic heterocycles. The van der Waals surface area contributed by atoms with Crippen LogP contribution in [-0.4, -0.2) is 36.5 Å². The first kappa shape index (κ1) is 15.7. The molecule has 0 spiro atoms. The van der Waals surface area contributed by atoms with E-state index in [1.54, 1.807) is 16.7 Å². The van der Waals surface area contributed by atoms with E-state index in [-0.39, 0.29) is 11.9 Å². The van der Waals surface area contributed by atoms with Crippen LogP contribution in [0.2, 0.25) is 0 Å². The van der Waals surface area contributed by atoms with Crippen LogP contribution in [0.4, 0.5) is 16.2 Å². The molecule has 0 atom stereocenters. The van der Waals surface area contributed by atoms with Crippen molar-refractivity contribution in [2.75, 3.05) is 34.8 Å². The van der Waals surface area contributed by atoms with E-state index in [0.717, 1.165) is 30.0 Å². The Labute approximate surface area is 129 Å². The van der Waals surface area contributed by atoms with Crippen molar-refractivity contribution >= 4 is 35.1 Å². The number of carbonyl (C=O) groups is 2. The Morgan fingerprint density at radius 1 is 1.48 bits per heavy atom. The molecular weight excluding hydrogens is 286 g/mol. The third kappa shape index (κ3) is 4.67. The number of rotatable bonds is 7. The first-order chi connectivity index (χ1) is 10.2. The molecule has 2 N–H and O–H groups in total. The summed E-state index contributed by atoms with van der Waals surface area (Å²) in [5.74, 6) is 1.48. The van der Waals surface area contributed by atoms with Crippen LogP contribution in [0, 0.1) is 0 Å². The highest BCUT2D eigenvalue weighted by atomic mass is 32.2. The number of urea groups is 1. The summed E-state index contributed by atoms with van der Waals surface area (Å²) in [6, 6.07) is 7.30. The Morgan fingerprint density at radius 3 is 3.05 bits per heavy atom. The molecule has 1 saturated heterocycles. The second-order valence-electron chi connectivity index (χ2n) is 4.89. The Bertz CT molecular complexity index is 507.